The van der Waals surface area contributed by atoms with E-state index in [2.05, 4.69) is 10.6 Å². The second kappa shape index (κ2) is 5.44. The van der Waals surface area contributed by atoms with Gasteiger partial charge in [0.25, 0.3) is 0 Å². The highest BCUT2D eigenvalue weighted by molar-refractivity contribution is 5.81. The highest BCUT2D eigenvalue weighted by Crippen LogP contribution is 2.18. The molecule has 1 amide bonds. The molecule has 1 fully saturated rings. The van der Waals surface area contributed by atoms with Crippen LogP contribution in [0.4, 0.5) is 8.78 Å². The molecule has 1 atom stereocenters. The third-order valence-electron chi connectivity index (χ3n) is 2.95. The fourth-order valence-electron chi connectivity index (χ4n) is 1.59. The van der Waals surface area contributed by atoms with E-state index in [1.54, 1.807) is 6.92 Å². The molecule has 0 bridgehead atoms. The summed E-state index contributed by atoms with van der Waals surface area (Å²) < 4.78 is 26.3. The quantitative estimate of drug-likeness (QED) is 0.840. The Hall–Kier alpha value is -1.49. The Bertz CT molecular complexity index is 447. The first-order chi connectivity index (χ1) is 8.58. The van der Waals surface area contributed by atoms with Gasteiger partial charge in [-0.2, -0.15) is 0 Å². The summed E-state index contributed by atoms with van der Waals surface area (Å²) in [6.45, 7) is 1.83. The van der Waals surface area contributed by atoms with Crippen LogP contribution in [-0.4, -0.2) is 18.0 Å². The Balaban J connectivity index is 1.86. The van der Waals surface area contributed by atoms with E-state index in [9.17, 15) is 13.6 Å². The number of amides is 1. The van der Waals surface area contributed by atoms with Crippen molar-refractivity contribution in [2.24, 2.45) is 0 Å². The molecule has 1 aromatic rings. The lowest BCUT2D eigenvalue weighted by Crippen LogP contribution is -2.42. The highest BCUT2D eigenvalue weighted by atomic mass is 19.2. The van der Waals surface area contributed by atoms with Gasteiger partial charge in [-0.05, 0) is 25.8 Å². The third kappa shape index (κ3) is 3.26. The molecule has 0 saturated heterocycles. The molecule has 1 aromatic carbocycles. The van der Waals surface area contributed by atoms with Gasteiger partial charge in [0.15, 0.2) is 11.6 Å². The molecule has 3 nitrogen and oxygen atoms in total. The van der Waals surface area contributed by atoms with Gasteiger partial charge in [0.05, 0.1) is 6.04 Å². The van der Waals surface area contributed by atoms with Crippen LogP contribution in [0.15, 0.2) is 18.2 Å². The van der Waals surface area contributed by atoms with E-state index in [0.29, 0.717) is 6.04 Å². The van der Waals surface area contributed by atoms with Gasteiger partial charge in [-0.25, -0.2) is 8.78 Å². The van der Waals surface area contributed by atoms with Crippen LogP contribution in [0.25, 0.3) is 0 Å². The largest absolute Gasteiger partial charge is 0.352 e. The molecule has 1 unspecified atom stereocenters. The lowest BCUT2D eigenvalue weighted by Gasteiger charge is -2.14. The molecule has 0 spiro atoms. The van der Waals surface area contributed by atoms with Gasteiger partial charge in [-0.3, -0.25) is 4.79 Å². The van der Waals surface area contributed by atoms with Gasteiger partial charge in [-0.15, -0.1) is 0 Å². The van der Waals surface area contributed by atoms with Crippen LogP contribution in [0, 0.1) is 11.6 Å². The number of hydrogen-bond donors (Lipinski definition) is 2. The number of halogens is 2. The maximum atomic E-state index is 13.4. The number of rotatable bonds is 5. The zero-order valence-corrected chi connectivity index (χ0v) is 10.2. The Morgan fingerprint density at radius 2 is 2.17 bits per heavy atom. The molecule has 0 aromatic heterocycles. The zero-order valence-electron chi connectivity index (χ0n) is 10.2. The molecule has 0 heterocycles. The topological polar surface area (TPSA) is 41.1 Å². The number of carbonyl (C=O) groups is 1. The molecule has 98 valence electrons. The smallest absolute Gasteiger partial charge is 0.237 e. The van der Waals surface area contributed by atoms with Crippen molar-refractivity contribution in [2.75, 3.05) is 0 Å². The van der Waals surface area contributed by atoms with Crippen LogP contribution < -0.4 is 10.6 Å². The molecule has 1 aliphatic carbocycles. The van der Waals surface area contributed by atoms with Crippen LogP contribution in [-0.2, 0) is 11.3 Å². The van der Waals surface area contributed by atoms with Crippen molar-refractivity contribution in [2.45, 2.75) is 38.4 Å². The monoisotopic (exact) mass is 254 g/mol. The standard InChI is InChI=1S/C13H16F2N2O/c1-8(13(18)17-10-5-6-10)16-7-9-3-2-4-11(14)12(9)15/h2-4,8,10,16H,5-7H2,1H3,(H,17,18). The molecular formula is C13H16F2N2O. The Labute approximate surface area is 105 Å². The number of benzene rings is 1. The molecule has 5 heteroatoms. The number of hydrogen-bond acceptors (Lipinski definition) is 2. The van der Waals surface area contributed by atoms with E-state index in [1.165, 1.54) is 12.1 Å². The predicted molar refractivity (Wildman–Crippen MR) is 63.8 cm³/mol. The van der Waals surface area contributed by atoms with E-state index in [-0.39, 0.29) is 18.0 Å². The SMILES string of the molecule is CC(NCc1cccc(F)c1F)C(=O)NC1CC1. The molecule has 1 saturated carbocycles. The maximum absolute atomic E-state index is 13.4. The van der Waals surface area contributed by atoms with Crippen molar-refractivity contribution < 1.29 is 13.6 Å². The molecular weight excluding hydrogens is 238 g/mol. The third-order valence-corrected chi connectivity index (χ3v) is 2.95. The van der Waals surface area contributed by atoms with Crippen LogP contribution in [0.5, 0.6) is 0 Å². The minimum absolute atomic E-state index is 0.102. The maximum Gasteiger partial charge on any atom is 0.237 e. The predicted octanol–water partition coefficient (Wildman–Crippen LogP) is 1.72. The summed E-state index contributed by atoms with van der Waals surface area (Å²) in [5, 5.41) is 5.73. The van der Waals surface area contributed by atoms with Crippen molar-refractivity contribution in [3.63, 3.8) is 0 Å². The summed E-state index contributed by atoms with van der Waals surface area (Å²) >= 11 is 0. The second-order valence-corrected chi connectivity index (χ2v) is 4.60. The molecule has 0 radical (unpaired) electrons. The molecule has 2 N–H and O–H groups in total. The lowest BCUT2D eigenvalue weighted by molar-refractivity contribution is -0.122. The summed E-state index contributed by atoms with van der Waals surface area (Å²) in [6, 6.07) is 3.89. The van der Waals surface area contributed by atoms with Gasteiger partial charge >= 0.3 is 0 Å². The fourth-order valence-corrected chi connectivity index (χ4v) is 1.59. The zero-order chi connectivity index (χ0) is 13.1. The first kappa shape index (κ1) is 13.0. The molecule has 2 rings (SSSR count). The van der Waals surface area contributed by atoms with E-state index in [0.717, 1.165) is 18.9 Å². The van der Waals surface area contributed by atoms with Crippen LogP contribution in [0.1, 0.15) is 25.3 Å². The van der Waals surface area contributed by atoms with E-state index in [1.807, 2.05) is 0 Å². The van der Waals surface area contributed by atoms with Crippen molar-refractivity contribution in [3.8, 4) is 0 Å². The summed E-state index contributed by atoms with van der Waals surface area (Å²) in [6.07, 6.45) is 2.05. The Morgan fingerprint density at radius 3 is 2.83 bits per heavy atom. The summed E-state index contributed by atoms with van der Waals surface area (Å²) in [5.41, 5.74) is 0.223. The number of carbonyl (C=O) groups excluding carboxylic acids is 1. The molecule has 18 heavy (non-hydrogen) atoms. The van der Waals surface area contributed by atoms with Gasteiger partial charge in [0, 0.05) is 18.2 Å². The summed E-state index contributed by atoms with van der Waals surface area (Å²) in [4.78, 5) is 11.6. The molecule has 1 aliphatic rings. The van der Waals surface area contributed by atoms with E-state index < -0.39 is 17.7 Å². The lowest BCUT2D eigenvalue weighted by atomic mass is 10.2. The average Bonchev–Trinajstić information content (AvgIpc) is 3.14. The minimum Gasteiger partial charge on any atom is -0.352 e. The van der Waals surface area contributed by atoms with Crippen molar-refractivity contribution in [1.82, 2.24) is 10.6 Å². The van der Waals surface area contributed by atoms with E-state index in [4.69, 9.17) is 0 Å². The van der Waals surface area contributed by atoms with Gasteiger partial charge < -0.3 is 10.6 Å². The first-order valence-corrected chi connectivity index (χ1v) is 6.04. The highest BCUT2D eigenvalue weighted by Gasteiger charge is 2.25. The van der Waals surface area contributed by atoms with Crippen molar-refractivity contribution in [1.29, 1.82) is 0 Å². The van der Waals surface area contributed by atoms with Crippen molar-refractivity contribution >= 4 is 5.91 Å². The minimum atomic E-state index is -0.871. The average molecular weight is 254 g/mol. The fraction of sp³-hybridized carbons (Fsp3) is 0.462. The van der Waals surface area contributed by atoms with Crippen LogP contribution in [0.3, 0.4) is 0 Å². The van der Waals surface area contributed by atoms with Gasteiger partial charge in [-0.1, -0.05) is 12.1 Å². The Kier molecular flexibility index (Phi) is 3.91. The molecule has 0 aliphatic heterocycles. The van der Waals surface area contributed by atoms with E-state index >= 15 is 0 Å². The van der Waals surface area contributed by atoms with Crippen molar-refractivity contribution in [3.05, 3.63) is 35.4 Å². The first-order valence-electron chi connectivity index (χ1n) is 6.04. The van der Waals surface area contributed by atoms with Gasteiger partial charge in [0.2, 0.25) is 5.91 Å². The van der Waals surface area contributed by atoms with Crippen LogP contribution in [0.2, 0.25) is 0 Å². The van der Waals surface area contributed by atoms with Crippen LogP contribution >= 0.6 is 0 Å². The second-order valence-electron chi connectivity index (χ2n) is 4.60. The Morgan fingerprint density at radius 1 is 1.44 bits per heavy atom. The summed E-state index contributed by atoms with van der Waals surface area (Å²) in [5.74, 6) is -1.83. The number of nitrogens with one attached hydrogen (secondary N) is 2. The summed E-state index contributed by atoms with van der Waals surface area (Å²) in [7, 11) is 0. The van der Waals surface area contributed by atoms with Gasteiger partial charge in [0.1, 0.15) is 0 Å². The normalized spacial score (nSPS) is 16.4.